The van der Waals surface area contributed by atoms with Gasteiger partial charge in [-0.05, 0) is 6.07 Å². The largest absolute Gasteiger partial charge is 0.543 e. The predicted molar refractivity (Wildman–Crippen MR) is 138 cm³/mol. The van der Waals surface area contributed by atoms with Gasteiger partial charge in [0.25, 0.3) is 24.5 Å². The van der Waals surface area contributed by atoms with Gasteiger partial charge in [-0.1, -0.05) is 14.8 Å². The number of imidazole rings is 1. The van der Waals surface area contributed by atoms with Crippen LogP contribution in [0.15, 0.2) is 41.0 Å². The number of nitrogens with one attached hydrogen (secondary N) is 2. The molecule has 0 bridgehead atoms. The molecular formula is C21H20FN11O6S2. The van der Waals surface area contributed by atoms with Crippen LogP contribution in [-0.2, 0) is 30.6 Å². The second kappa shape index (κ2) is 11.4. The highest BCUT2D eigenvalue weighted by atomic mass is 32.2. The maximum Gasteiger partial charge on any atom is 0.309 e. The van der Waals surface area contributed by atoms with Crippen molar-refractivity contribution >= 4 is 69.3 Å². The summed E-state index contributed by atoms with van der Waals surface area (Å²) in [5.74, 6) is -3.46. The lowest BCUT2D eigenvalue weighted by Gasteiger charge is -2.50. The summed E-state index contributed by atoms with van der Waals surface area (Å²) < 4.78 is 19.5. The van der Waals surface area contributed by atoms with Gasteiger partial charge < -0.3 is 31.5 Å². The van der Waals surface area contributed by atoms with E-state index in [4.69, 9.17) is 11.5 Å². The minimum absolute atomic E-state index is 0.0179. The first-order valence-corrected chi connectivity index (χ1v) is 13.5. The number of hydrogen-bond acceptors (Lipinski definition) is 14. The number of carbonyl (C=O) groups excluding carboxylic acids is 4. The first kappa shape index (κ1) is 27.9. The Bertz CT molecular complexity index is 1620. The highest BCUT2D eigenvalue weighted by Gasteiger charge is 2.53. The van der Waals surface area contributed by atoms with Gasteiger partial charge >= 0.3 is 5.65 Å². The Labute approximate surface area is 237 Å². The summed E-state index contributed by atoms with van der Waals surface area (Å²) in [7, 11) is 0. The molecule has 20 heteroatoms. The van der Waals surface area contributed by atoms with Gasteiger partial charge in [0.2, 0.25) is 17.4 Å². The number of carbonyl (C=O) groups is 4. The van der Waals surface area contributed by atoms with Gasteiger partial charge in [-0.3, -0.25) is 24.6 Å². The van der Waals surface area contributed by atoms with Crippen LogP contribution in [0.5, 0.6) is 0 Å². The lowest BCUT2D eigenvalue weighted by Crippen LogP contribution is -2.71. The highest BCUT2D eigenvalue weighted by molar-refractivity contribution is 8.00. The number of β-lactam (4-membered cyclic amide) rings is 1. The third kappa shape index (κ3) is 5.26. The fourth-order valence-corrected chi connectivity index (χ4v) is 6.02. The molecule has 2 atom stereocenters. The van der Waals surface area contributed by atoms with Gasteiger partial charge in [-0.2, -0.15) is 9.36 Å². The van der Waals surface area contributed by atoms with Crippen molar-refractivity contribution in [3.63, 3.8) is 0 Å². The van der Waals surface area contributed by atoms with E-state index in [2.05, 4.69) is 35.1 Å². The Morgan fingerprint density at radius 1 is 1.37 bits per heavy atom. The summed E-state index contributed by atoms with van der Waals surface area (Å²) in [5, 5.41) is 24.1. The number of thioether (sulfide) groups is 1. The molecule has 0 saturated carbocycles. The maximum atomic E-state index is 13.1. The minimum Gasteiger partial charge on any atom is -0.543 e. The molecule has 3 amide bonds. The van der Waals surface area contributed by atoms with Crippen molar-refractivity contribution in [2.45, 2.75) is 18.0 Å². The molecule has 2 aliphatic heterocycles. The Morgan fingerprint density at radius 2 is 2.17 bits per heavy atom. The molecule has 3 aromatic heterocycles. The monoisotopic (exact) mass is 605 g/mol. The first-order chi connectivity index (χ1) is 19.7. The van der Waals surface area contributed by atoms with E-state index in [0.29, 0.717) is 17.0 Å². The molecule has 3 aromatic rings. The number of alkyl halides is 1. The van der Waals surface area contributed by atoms with Crippen molar-refractivity contribution in [1.29, 1.82) is 0 Å². The summed E-state index contributed by atoms with van der Waals surface area (Å²) in [6, 6.07) is 2.23. The molecule has 41 heavy (non-hydrogen) atoms. The summed E-state index contributed by atoms with van der Waals surface area (Å²) in [5.41, 5.74) is 11.0. The van der Waals surface area contributed by atoms with E-state index in [-0.39, 0.29) is 35.5 Å². The second-order valence-electron chi connectivity index (χ2n) is 8.42. The van der Waals surface area contributed by atoms with Crippen molar-refractivity contribution < 1.29 is 38.1 Å². The average Bonchev–Trinajstić information content (AvgIpc) is 3.54. The number of aliphatic carboxylic acids is 1. The van der Waals surface area contributed by atoms with Gasteiger partial charge in [0.1, 0.15) is 18.0 Å². The minimum atomic E-state index is -1.58. The van der Waals surface area contributed by atoms with E-state index >= 15 is 0 Å². The number of nitrogens with zero attached hydrogens (tertiary/aromatic N) is 7. The number of aromatic nitrogens is 5. The van der Waals surface area contributed by atoms with Crippen molar-refractivity contribution in [2.24, 2.45) is 10.9 Å². The fraction of sp³-hybridized carbons (Fsp3) is 0.286. The van der Waals surface area contributed by atoms with E-state index in [1.54, 1.807) is 22.9 Å². The molecule has 5 heterocycles. The van der Waals surface area contributed by atoms with Crippen LogP contribution in [0.25, 0.3) is 5.65 Å². The average molecular weight is 606 g/mol. The first-order valence-electron chi connectivity index (χ1n) is 11.6. The number of amides is 3. The number of carboxylic acids is 1. The number of carboxylic acid groups (broad SMARTS) is 1. The quantitative estimate of drug-likeness (QED) is 0.0769. The van der Waals surface area contributed by atoms with Gasteiger partial charge in [0.15, 0.2) is 11.3 Å². The lowest BCUT2D eigenvalue weighted by molar-refractivity contribution is -0.662. The third-order valence-electron chi connectivity index (χ3n) is 5.95. The highest BCUT2D eigenvalue weighted by Crippen LogP contribution is 2.40. The number of fused-ring (bicyclic) bond motifs is 2. The van der Waals surface area contributed by atoms with Crippen LogP contribution < -0.4 is 31.8 Å². The number of nitrogen functional groups attached to an aromatic ring is 1. The Balaban J connectivity index is 1.39. The second-order valence-corrected chi connectivity index (χ2v) is 10.3. The summed E-state index contributed by atoms with van der Waals surface area (Å²) >= 11 is 1.98. The number of oxime groups is 1. The molecule has 214 valence electrons. The zero-order chi connectivity index (χ0) is 29.3. The molecule has 2 aliphatic rings. The molecule has 0 radical (unpaired) electrons. The van der Waals surface area contributed by atoms with E-state index in [0.717, 1.165) is 16.4 Å². The van der Waals surface area contributed by atoms with Crippen LogP contribution in [0, 0.1) is 0 Å². The molecule has 5 rings (SSSR count). The molecule has 6 N–H and O–H groups in total. The van der Waals surface area contributed by atoms with E-state index < -0.39 is 47.7 Å². The van der Waals surface area contributed by atoms with Crippen LogP contribution in [0.3, 0.4) is 0 Å². The fourth-order valence-electron chi connectivity index (χ4n) is 4.25. The van der Waals surface area contributed by atoms with Crippen molar-refractivity contribution in [3.8, 4) is 0 Å². The normalized spacial score (nSPS) is 18.6. The zero-order valence-corrected chi connectivity index (χ0v) is 22.4. The van der Waals surface area contributed by atoms with Crippen molar-refractivity contribution in [1.82, 2.24) is 29.2 Å². The molecule has 1 fully saturated rings. The third-order valence-corrected chi connectivity index (χ3v) is 7.83. The van der Waals surface area contributed by atoms with E-state index in [9.17, 15) is 28.7 Å². The van der Waals surface area contributed by atoms with Crippen molar-refractivity contribution in [3.05, 3.63) is 41.6 Å². The standard InChI is InChI=1S/C21H20FN11O6S2/c22-8-39-29-13(16-28-21(24)41-30-16)17(35)27-14-18(36)32-15(20(37)38)9(7-40-19(14)32)5-31-6-10(26-11(34)4-23)33-12(31)2-1-3-25-33/h1-3,6,14,19H,4-5,7-8,23H2,(H4-,24,25,26,27,28,30,34,35,37,38)/b29-13-/t14-,19-/m1/s1. The maximum absolute atomic E-state index is 13.1. The molecular weight excluding hydrogens is 585 g/mol. The van der Waals surface area contributed by atoms with Crippen LogP contribution in [0.1, 0.15) is 5.82 Å². The van der Waals surface area contributed by atoms with Crippen LogP contribution in [0.2, 0.25) is 0 Å². The Kier molecular flexibility index (Phi) is 7.77. The summed E-state index contributed by atoms with van der Waals surface area (Å²) in [4.78, 5) is 59.3. The number of hydrogen-bond donors (Lipinski definition) is 4. The molecule has 1 saturated heterocycles. The SMILES string of the molecule is NCC(=O)Nc1c[n+](CC2=C(C(=O)[O-])N3C(=O)[C@@H](NC(=O)/C(=N\OCF)c4nsc(N)n4)[C@H]3SC2)c2cccnn12. The Morgan fingerprint density at radius 3 is 2.85 bits per heavy atom. The van der Waals surface area contributed by atoms with E-state index in [1.165, 1.54) is 22.5 Å². The Hall–Kier alpha value is -4.69. The lowest BCUT2D eigenvalue weighted by atomic mass is 10.0. The van der Waals surface area contributed by atoms with Gasteiger partial charge in [-0.25, -0.2) is 8.96 Å². The predicted octanol–water partition coefficient (Wildman–Crippen LogP) is -3.30. The smallest absolute Gasteiger partial charge is 0.309 e. The number of rotatable bonds is 10. The van der Waals surface area contributed by atoms with Crippen LogP contribution >= 0.6 is 23.3 Å². The molecule has 17 nitrogen and oxygen atoms in total. The molecule has 0 unspecified atom stereocenters. The van der Waals surface area contributed by atoms with Crippen LogP contribution in [-0.4, -0.2) is 83.8 Å². The van der Waals surface area contributed by atoms with Gasteiger partial charge in [0.05, 0.1) is 24.4 Å². The zero-order valence-electron chi connectivity index (χ0n) is 20.7. The summed E-state index contributed by atoms with van der Waals surface area (Å²) in [6.07, 6.45) is 3.07. The topological polar surface area (TPSA) is 239 Å². The van der Waals surface area contributed by atoms with E-state index in [1.807, 2.05) is 0 Å². The summed E-state index contributed by atoms with van der Waals surface area (Å²) in [6.45, 7) is -1.57. The van der Waals surface area contributed by atoms with Crippen molar-refractivity contribution in [2.75, 3.05) is 30.2 Å². The molecule has 0 aromatic carbocycles. The number of anilines is 2. The molecule has 0 aliphatic carbocycles. The molecule has 0 spiro atoms. The van der Waals surface area contributed by atoms with Crippen LogP contribution in [0.4, 0.5) is 15.3 Å². The number of halogens is 1. The van der Waals surface area contributed by atoms with Gasteiger partial charge in [0, 0.05) is 28.9 Å². The number of nitrogens with two attached hydrogens (primary N) is 2. The van der Waals surface area contributed by atoms with Gasteiger partial charge in [-0.15, -0.1) is 11.8 Å².